The Bertz CT molecular complexity index is 1050. The quantitative estimate of drug-likeness (QED) is 0.223. The molecular formula is C30H54N2O6Si4. The summed E-state index contributed by atoms with van der Waals surface area (Å²) in [7, 11) is -8.84. The van der Waals surface area contributed by atoms with Crippen LogP contribution in [0, 0.1) is 23.7 Å². The van der Waals surface area contributed by atoms with Crippen LogP contribution in [0.3, 0.4) is 0 Å². The van der Waals surface area contributed by atoms with Crippen molar-refractivity contribution in [3.8, 4) is 0 Å². The molecule has 0 aromatic heterocycles. The van der Waals surface area contributed by atoms with Gasteiger partial charge in [0.25, 0.3) is 0 Å². The van der Waals surface area contributed by atoms with Crippen molar-refractivity contribution in [1.82, 2.24) is 9.80 Å². The molecule has 236 valence electrons. The Kier molecular flexibility index (Phi) is 7.42. The van der Waals surface area contributed by atoms with Gasteiger partial charge in [0.1, 0.15) is 34.5 Å². The lowest BCUT2D eigenvalue weighted by molar-refractivity contribution is -0.161. The number of fused-ring (bicyclic) bond motifs is 10. The molecule has 5 aliphatic rings. The first-order valence-corrected chi connectivity index (χ1v) is 29.4. The van der Waals surface area contributed by atoms with Crippen molar-refractivity contribution in [1.29, 1.82) is 0 Å². The maximum atomic E-state index is 15.4. The van der Waals surface area contributed by atoms with Gasteiger partial charge in [0, 0.05) is 13.1 Å². The number of likely N-dealkylation sites (N-methyl/N-ethyl adjacent to an activating group) is 2. The van der Waals surface area contributed by atoms with Gasteiger partial charge >= 0.3 is 0 Å². The Morgan fingerprint density at radius 3 is 0.833 bits per heavy atom. The van der Waals surface area contributed by atoms with Crippen LogP contribution in [-0.4, -0.2) is 90.6 Å². The molecule has 8 atom stereocenters. The van der Waals surface area contributed by atoms with Crippen LogP contribution in [0.5, 0.6) is 0 Å². The molecule has 3 fully saturated rings. The molecule has 0 radical (unpaired) electrons. The van der Waals surface area contributed by atoms with E-state index < -0.39 is 79.8 Å². The lowest BCUT2D eigenvalue weighted by Gasteiger charge is -2.49. The van der Waals surface area contributed by atoms with E-state index in [0.29, 0.717) is 13.1 Å². The number of carbonyl (C=O) groups is 2. The van der Waals surface area contributed by atoms with Crippen LogP contribution in [-0.2, 0) is 27.3 Å². The first-order chi connectivity index (χ1) is 18.9. The summed E-state index contributed by atoms with van der Waals surface area (Å²) in [5.41, 5.74) is -4.12. The maximum absolute atomic E-state index is 15.4. The number of rotatable bonds is 10. The molecule has 1 aliphatic carbocycles. The van der Waals surface area contributed by atoms with Crippen molar-refractivity contribution in [2.45, 2.75) is 115 Å². The van der Waals surface area contributed by atoms with E-state index in [9.17, 15) is 0 Å². The molecule has 2 saturated heterocycles. The fourth-order valence-corrected chi connectivity index (χ4v) is 14.0. The predicted molar refractivity (Wildman–Crippen MR) is 176 cm³/mol. The smallest absolute Gasteiger partial charge is 0.186 e. The highest BCUT2D eigenvalue weighted by molar-refractivity contribution is 6.71. The molecule has 4 bridgehead atoms. The number of hydrogen-bond acceptors (Lipinski definition) is 8. The van der Waals surface area contributed by atoms with Crippen LogP contribution in [0.2, 0.25) is 78.6 Å². The van der Waals surface area contributed by atoms with Gasteiger partial charge in [-0.05, 0) is 103 Å². The van der Waals surface area contributed by atoms with Crippen LogP contribution < -0.4 is 0 Å². The third-order valence-electron chi connectivity index (χ3n) is 9.00. The molecule has 0 N–H and O–H groups in total. The zero-order valence-electron chi connectivity index (χ0n) is 28.4. The number of carbonyl (C=O) groups excluding carboxylic acids is 2. The Morgan fingerprint density at radius 2 is 0.690 bits per heavy atom. The van der Waals surface area contributed by atoms with E-state index in [1.54, 1.807) is 0 Å². The number of nitrogens with zero attached hydrogens (tertiary/aromatic N) is 2. The number of ketones is 2. The lowest BCUT2D eigenvalue weighted by Crippen LogP contribution is -2.64. The van der Waals surface area contributed by atoms with E-state index in [1.165, 1.54) is 0 Å². The van der Waals surface area contributed by atoms with Crippen molar-refractivity contribution in [3.05, 3.63) is 24.3 Å². The highest BCUT2D eigenvalue weighted by atomic mass is 28.4. The second-order valence-corrected chi connectivity index (χ2v) is 34.5. The standard InChI is InChI=1S/C30H54N2O6Si4/c1-15-31-27(35-39(3,4)5)17-18-28(31,36-40(6,7)8)22-21(27)25(33)23-24(26(22)34)30(38-42(12,13)14)20-19-29(23,32(30)16-2)37-41(9,10)11/h17-24H,15-16H2,1-14H3. The van der Waals surface area contributed by atoms with Crippen molar-refractivity contribution in [2.24, 2.45) is 23.7 Å². The lowest BCUT2D eigenvalue weighted by atomic mass is 9.58. The van der Waals surface area contributed by atoms with Crippen LogP contribution in [0.1, 0.15) is 13.8 Å². The Hall–Kier alpha value is -0.552. The minimum absolute atomic E-state index is 0.0498. The molecule has 8 nitrogen and oxygen atoms in total. The summed E-state index contributed by atoms with van der Waals surface area (Å²) < 4.78 is 28.3. The molecule has 8 unspecified atom stereocenters. The molecule has 5 rings (SSSR count). The molecule has 0 amide bonds. The first kappa shape index (κ1) is 32.8. The number of Topliss-reactive ketones (excluding diaryl/α,β-unsaturated/α-hetero) is 2. The van der Waals surface area contributed by atoms with Gasteiger partial charge in [-0.2, -0.15) is 0 Å². The van der Waals surface area contributed by atoms with Crippen molar-refractivity contribution in [3.63, 3.8) is 0 Å². The van der Waals surface area contributed by atoms with E-state index in [4.69, 9.17) is 17.7 Å². The fraction of sp³-hybridized carbons (Fsp3) is 0.800. The SMILES string of the molecule is CCN1C2(O[Si](C)(C)C)C=CC1(O[Si](C)(C)C)C1C(=O)C3C(C(=O)C12)C1(O[Si](C)(C)C)C=CC3(O[Si](C)(C)C)N1CC. The monoisotopic (exact) mass is 650 g/mol. The van der Waals surface area contributed by atoms with Crippen LogP contribution in [0.15, 0.2) is 24.3 Å². The molecule has 0 aromatic carbocycles. The van der Waals surface area contributed by atoms with Gasteiger partial charge in [-0.25, -0.2) is 9.80 Å². The van der Waals surface area contributed by atoms with Crippen molar-refractivity contribution < 1.29 is 27.3 Å². The van der Waals surface area contributed by atoms with Gasteiger partial charge in [0.05, 0.1) is 23.7 Å². The Morgan fingerprint density at radius 1 is 0.500 bits per heavy atom. The van der Waals surface area contributed by atoms with Gasteiger partial charge in [-0.3, -0.25) is 9.59 Å². The zero-order valence-corrected chi connectivity index (χ0v) is 32.4. The predicted octanol–water partition coefficient (Wildman–Crippen LogP) is 5.60. The summed E-state index contributed by atoms with van der Waals surface area (Å²) in [6.07, 6.45) is 8.23. The van der Waals surface area contributed by atoms with Gasteiger partial charge in [-0.15, -0.1) is 0 Å². The largest absolute Gasteiger partial charge is 0.396 e. The summed E-state index contributed by atoms with van der Waals surface area (Å²) in [5, 5.41) is 0. The van der Waals surface area contributed by atoms with E-state index >= 15 is 9.59 Å². The molecule has 0 spiro atoms. The average molecular weight is 651 g/mol. The van der Waals surface area contributed by atoms with E-state index in [-0.39, 0.29) is 11.6 Å². The Balaban J connectivity index is 1.79. The summed E-state index contributed by atoms with van der Waals surface area (Å²) in [6.45, 7) is 31.2. The summed E-state index contributed by atoms with van der Waals surface area (Å²) >= 11 is 0. The Labute approximate surface area is 257 Å². The first-order valence-electron chi connectivity index (χ1n) is 15.8. The molecule has 12 heteroatoms. The van der Waals surface area contributed by atoms with Gasteiger partial charge in [0.2, 0.25) is 0 Å². The summed E-state index contributed by atoms with van der Waals surface area (Å²) in [6, 6.07) is 0. The average Bonchev–Trinajstić information content (AvgIpc) is 3.37. The van der Waals surface area contributed by atoms with Crippen molar-refractivity contribution in [2.75, 3.05) is 13.1 Å². The molecular weight excluding hydrogens is 597 g/mol. The topological polar surface area (TPSA) is 77.5 Å². The summed E-state index contributed by atoms with van der Waals surface area (Å²) in [4.78, 5) is 35.3. The fourth-order valence-electron chi connectivity index (χ4n) is 8.85. The highest BCUT2D eigenvalue weighted by Gasteiger charge is 2.84. The van der Waals surface area contributed by atoms with Gasteiger partial charge < -0.3 is 17.7 Å². The van der Waals surface area contributed by atoms with E-state index in [1.807, 2.05) is 0 Å². The highest BCUT2D eigenvalue weighted by Crippen LogP contribution is 2.68. The van der Waals surface area contributed by atoms with Gasteiger partial charge in [0.15, 0.2) is 33.3 Å². The molecule has 42 heavy (non-hydrogen) atoms. The van der Waals surface area contributed by atoms with Crippen LogP contribution in [0.25, 0.3) is 0 Å². The molecule has 0 aromatic rings. The zero-order chi connectivity index (χ0) is 31.7. The van der Waals surface area contributed by atoms with Crippen molar-refractivity contribution >= 4 is 44.8 Å². The minimum Gasteiger partial charge on any atom is -0.396 e. The number of hydrogen-bond donors (Lipinski definition) is 0. The molecule has 1 saturated carbocycles. The van der Waals surface area contributed by atoms with Crippen LogP contribution in [0.4, 0.5) is 0 Å². The van der Waals surface area contributed by atoms with E-state index in [0.717, 1.165) is 0 Å². The normalized spacial score (nSPS) is 41.8. The van der Waals surface area contributed by atoms with E-state index in [2.05, 4.69) is 127 Å². The minimum atomic E-state index is -2.21. The van der Waals surface area contributed by atoms with Gasteiger partial charge in [-0.1, -0.05) is 13.8 Å². The molecule has 4 heterocycles. The molecule has 4 aliphatic heterocycles. The summed E-state index contributed by atoms with van der Waals surface area (Å²) in [5.74, 6) is -2.63. The second kappa shape index (κ2) is 9.49. The van der Waals surface area contributed by atoms with Crippen LogP contribution >= 0.6 is 0 Å². The second-order valence-electron chi connectivity index (χ2n) is 16.7. The maximum Gasteiger partial charge on any atom is 0.186 e. The third-order valence-corrected chi connectivity index (χ3v) is 12.8. The third kappa shape index (κ3) is 4.53.